The number of sulfonamides is 1. The molecule has 0 saturated carbocycles. The number of allylic oxidation sites excluding steroid dienone is 4. The fourth-order valence-electron chi connectivity index (χ4n) is 3.27. The van der Waals surface area contributed by atoms with Gasteiger partial charge in [-0.1, -0.05) is 31.4 Å². The standard InChI is InChI=1S/C21H29N3O3S/c1-6-7-16(2)23(4)21(25)24-14-12-19(13-15-24)17(3)18-8-10-20(11-9-18)22-28(5,26)27/h6-11,19,22H,1,3,12-15H2,2,4-5H3. The molecule has 28 heavy (non-hydrogen) atoms. The summed E-state index contributed by atoms with van der Waals surface area (Å²) in [4.78, 5) is 16.1. The molecule has 1 aliphatic heterocycles. The minimum Gasteiger partial charge on any atom is -0.324 e. The van der Waals surface area contributed by atoms with Gasteiger partial charge in [0, 0.05) is 31.5 Å². The first-order valence-electron chi connectivity index (χ1n) is 9.21. The van der Waals surface area contributed by atoms with E-state index < -0.39 is 10.0 Å². The highest BCUT2D eigenvalue weighted by atomic mass is 32.2. The number of hydrogen-bond donors (Lipinski definition) is 1. The molecule has 1 aliphatic rings. The molecular weight excluding hydrogens is 374 g/mol. The smallest absolute Gasteiger partial charge is 0.323 e. The van der Waals surface area contributed by atoms with Crippen molar-refractivity contribution in [3.8, 4) is 0 Å². The highest BCUT2D eigenvalue weighted by molar-refractivity contribution is 7.92. The summed E-state index contributed by atoms with van der Waals surface area (Å²) in [5, 5.41) is 0. The topological polar surface area (TPSA) is 69.7 Å². The lowest BCUT2D eigenvalue weighted by molar-refractivity contribution is 0.156. The van der Waals surface area contributed by atoms with Crippen LogP contribution in [0.15, 0.2) is 55.3 Å². The average molecular weight is 404 g/mol. The summed E-state index contributed by atoms with van der Waals surface area (Å²) in [6.45, 7) is 11.2. The molecule has 1 heterocycles. The fraction of sp³-hybridized carbons (Fsp3) is 0.381. The van der Waals surface area contributed by atoms with Gasteiger partial charge in [-0.3, -0.25) is 4.72 Å². The maximum Gasteiger partial charge on any atom is 0.323 e. The molecule has 152 valence electrons. The van der Waals surface area contributed by atoms with E-state index in [2.05, 4.69) is 17.9 Å². The number of nitrogens with zero attached hydrogens (tertiary/aromatic N) is 2. The van der Waals surface area contributed by atoms with Crippen LogP contribution < -0.4 is 4.72 Å². The Labute approximate surface area is 168 Å². The van der Waals surface area contributed by atoms with Crippen molar-refractivity contribution < 1.29 is 13.2 Å². The fourth-order valence-corrected chi connectivity index (χ4v) is 3.83. The van der Waals surface area contributed by atoms with Crippen molar-refractivity contribution in [2.24, 2.45) is 5.92 Å². The Hall–Kier alpha value is -2.54. The van der Waals surface area contributed by atoms with E-state index in [-0.39, 0.29) is 6.03 Å². The van der Waals surface area contributed by atoms with Crippen LogP contribution in [0.2, 0.25) is 0 Å². The third kappa shape index (κ3) is 5.73. The van der Waals surface area contributed by atoms with E-state index in [0.717, 1.165) is 35.9 Å². The molecule has 1 aromatic carbocycles. The largest absolute Gasteiger partial charge is 0.324 e. The Morgan fingerprint density at radius 1 is 1.25 bits per heavy atom. The summed E-state index contributed by atoms with van der Waals surface area (Å²) < 4.78 is 25.1. The summed E-state index contributed by atoms with van der Waals surface area (Å²) >= 11 is 0. The van der Waals surface area contributed by atoms with Crippen molar-refractivity contribution >= 4 is 27.3 Å². The van der Waals surface area contributed by atoms with Crippen molar-refractivity contribution in [2.75, 3.05) is 31.1 Å². The number of carbonyl (C=O) groups excluding carboxylic acids is 1. The quantitative estimate of drug-likeness (QED) is 0.732. The van der Waals surface area contributed by atoms with Crippen LogP contribution in [0.4, 0.5) is 10.5 Å². The van der Waals surface area contributed by atoms with Crippen LogP contribution in [-0.4, -0.2) is 50.6 Å². The van der Waals surface area contributed by atoms with Gasteiger partial charge in [-0.25, -0.2) is 13.2 Å². The van der Waals surface area contributed by atoms with E-state index >= 15 is 0 Å². The second kappa shape index (κ2) is 9.10. The number of likely N-dealkylation sites (tertiary alicyclic amines) is 1. The van der Waals surface area contributed by atoms with Gasteiger partial charge in [-0.15, -0.1) is 0 Å². The number of hydrogen-bond acceptors (Lipinski definition) is 3. The molecule has 0 atom stereocenters. The summed E-state index contributed by atoms with van der Waals surface area (Å²) in [5.41, 5.74) is 3.40. The molecule has 0 radical (unpaired) electrons. The van der Waals surface area contributed by atoms with E-state index in [1.54, 1.807) is 30.2 Å². The lowest BCUT2D eigenvalue weighted by atomic mass is 9.86. The number of urea groups is 1. The van der Waals surface area contributed by atoms with E-state index in [1.165, 1.54) is 0 Å². The van der Waals surface area contributed by atoms with E-state index in [9.17, 15) is 13.2 Å². The van der Waals surface area contributed by atoms with Crippen molar-refractivity contribution in [3.63, 3.8) is 0 Å². The number of anilines is 1. The molecule has 6 nitrogen and oxygen atoms in total. The van der Waals surface area contributed by atoms with Crippen LogP contribution in [0.5, 0.6) is 0 Å². The minimum absolute atomic E-state index is 0.00383. The zero-order valence-corrected chi connectivity index (χ0v) is 17.6. The Morgan fingerprint density at radius 3 is 2.32 bits per heavy atom. The van der Waals surface area contributed by atoms with Crippen LogP contribution in [-0.2, 0) is 10.0 Å². The first-order chi connectivity index (χ1) is 13.1. The molecule has 1 N–H and O–H groups in total. The molecule has 7 heteroatoms. The van der Waals surface area contributed by atoms with Crippen molar-refractivity contribution in [1.82, 2.24) is 9.80 Å². The second-order valence-corrected chi connectivity index (χ2v) is 8.87. The Bertz CT molecular complexity index is 865. The molecule has 0 spiro atoms. The molecule has 0 bridgehead atoms. The zero-order chi connectivity index (χ0) is 20.9. The lowest BCUT2D eigenvalue weighted by Crippen LogP contribution is -2.44. The molecule has 1 fully saturated rings. The summed E-state index contributed by atoms with van der Waals surface area (Å²) in [5.74, 6) is 0.299. The van der Waals surface area contributed by atoms with Crippen LogP contribution >= 0.6 is 0 Å². The third-order valence-corrected chi connectivity index (χ3v) is 5.60. The average Bonchev–Trinajstić information content (AvgIpc) is 2.66. The molecule has 0 unspecified atom stereocenters. The van der Waals surface area contributed by atoms with Crippen molar-refractivity contribution in [1.29, 1.82) is 0 Å². The first-order valence-corrected chi connectivity index (χ1v) is 11.1. The number of benzene rings is 1. The summed E-state index contributed by atoms with van der Waals surface area (Å²) in [6, 6.07) is 7.24. The number of rotatable bonds is 6. The normalized spacial score (nSPS) is 15.8. The maximum absolute atomic E-state index is 12.6. The molecular formula is C21H29N3O3S. The highest BCUT2D eigenvalue weighted by Gasteiger charge is 2.27. The number of nitrogens with one attached hydrogen (secondary N) is 1. The lowest BCUT2D eigenvalue weighted by Gasteiger charge is -2.35. The van der Waals surface area contributed by atoms with E-state index in [4.69, 9.17) is 0 Å². The van der Waals surface area contributed by atoms with Gasteiger partial charge in [0.15, 0.2) is 0 Å². The van der Waals surface area contributed by atoms with Crippen molar-refractivity contribution in [2.45, 2.75) is 19.8 Å². The van der Waals surface area contributed by atoms with Gasteiger partial charge < -0.3 is 9.80 Å². The van der Waals surface area contributed by atoms with Crippen LogP contribution in [0.3, 0.4) is 0 Å². The van der Waals surface area contributed by atoms with Gasteiger partial charge in [-0.05, 0) is 55.0 Å². The van der Waals surface area contributed by atoms with Gasteiger partial charge in [-0.2, -0.15) is 0 Å². The Kier molecular flexibility index (Phi) is 7.07. The number of carbonyl (C=O) groups is 1. The predicted molar refractivity (Wildman–Crippen MR) is 115 cm³/mol. The van der Waals surface area contributed by atoms with Crippen LogP contribution in [0.1, 0.15) is 25.3 Å². The predicted octanol–water partition coefficient (Wildman–Crippen LogP) is 3.92. The van der Waals surface area contributed by atoms with Gasteiger partial charge in [0.2, 0.25) is 10.0 Å². The third-order valence-electron chi connectivity index (χ3n) is 4.99. The van der Waals surface area contributed by atoms with Crippen LogP contribution in [0, 0.1) is 5.92 Å². The van der Waals surface area contributed by atoms with Gasteiger partial charge in [0.05, 0.1) is 6.26 Å². The minimum atomic E-state index is -3.29. The summed E-state index contributed by atoms with van der Waals surface area (Å²) in [6.07, 6.45) is 6.32. The monoisotopic (exact) mass is 403 g/mol. The zero-order valence-electron chi connectivity index (χ0n) is 16.8. The molecule has 1 aromatic rings. The summed E-state index contributed by atoms with van der Waals surface area (Å²) in [7, 11) is -1.51. The first kappa shape index (κ1) is 21.8. The van der Waals surface area contributed by atoms with Crippen molar-refractivity contribution in [3.05, 3.63) is 60.8 Å². The van der Waals surface area contributed by atoms with Gasteiger partial charge in [0.25, 0.3) is 0 Å². The molecule has 0 aliphatic carbocycles. The van der Waals surface area contributed by atoms with E-state index in [1.807, 2.05) is 30.0 Å². The molecule has 2 rings (SSSR count). The number of piperidine rings is 1. The van der Waals surface area contributed by atoms with Crippen LogP contribution in [0.25, 0.3) is 5.57 Å². The Morgan fingerprint density at radius 2 is 1.82 bits per heavy atom. The highest BCUT2D eigenvalue weighted by Crippen LogP contribution is 2.31. The van der Waals surface area contributed by atoms with Gasteiger partial charge in [0.1, 0.15) is 0 Å². The van der Waals surface area contributed by atoms with E-state index in [0.29, 0.717) is 24.7 Å². The van der Waals surface area contributed by atoms with Gasteiger partial charge >= 0.3 is 6.03 Å². The SMILES string of the molecule is C=CC=C(C)N(C)C(=O)N1CCC(C(=C)c2ccc(NS(C)(=O)=O)cc2)CC1. The molecule has 0 aromatic heterocycles. The second-order valence-electron chi connectivity index (χ2n) is 7.12. The number of amides is 2. The molecule has 2 amide bonds. The Balaban J connectivity index is 1.95. The molecule has 1 saturated heterocycles. The maximum atomic E-state index is 12.6.